The molecule has 3 rings (SSSR count). The van der Waals surface area contributed by atoms with Crippen LogP contribution in [0, 0.1) is 0 Å². The number of hydrogen-bond donors (Lipinski definition) is 1. The Morgan fingerprint density at radius 1 is 1.16 bits per heavy atom. The molecule has 0 radical (unpaired) electrons. The minimum Gasteiger partial charge on any atom is -0.491 e. The van der Waals surface area contributed by atoms with E-state index in [0.717, 1.165) is 26.1 Å². The minimum absolute atomic E-state index is 0.137. The fourth-order valence-electron chi connectivity index (χ4n) is 3.02. The van der Waals surface area contributed by atoms with E-state index in [4.69, 9.17) is 4.74 Å². The highest BCUT2D eigenvalue weighted by Gasteiger charge is 2.22. The summed E-state index contributed by atoms with van der Waals surface area (Å²) in [4.78, 5) is 31.4. The number of H-pyrrole nitrogens is 1. The lowest BCUT2D eigenvalue weighted by Crippen LogP contribution is -2.49. The summed E-state index contributed by atoms with van der Waals surface area (Å²) >= 11 is 0. The standard InChI is InChI=1S/C19H23N3O3/c1-25-18-14-20-16(13-17(18)23)19(24)22-11-9-21(10-12-22)8-7-15-5-3-2-4-6-15/h2-6,13-14H,7-12H2,1H3,(H,20,23). The number of nitrogens with one attached hydrogen (secondary N) is 1. The summed E-state index contributed by atoms with van der Waals surface area (Å²) in [5.74, 6) is 0.0738. The van der Waals surface area contributed by atoms with Crippen molar-refractivity contribution in [1.29, 1.82) is 0 Å². The zero-order valence-electron chi connectivity index (χ0n) is 14.4. The number of piperazine rings is 1. The summed E-state index contributed by atoms with van der Waals surface area (Å²) in [7, 11) is 1.43. The lowest BCUT2D eigenvalue weighted by Gasteiger charge is -2.34. The van der Waals surface area contributed by atoms with Gasteiger partial charge in [-0.15, -0.1) is 0 Å². The molecule has 1 amide bonds. The van der Waals surface area contributed by atoms with E-state index < -0.39 is 0 Å². The zero-order chi connectivity index (χ0) is 17.6. The predicted octanol–water partition coefficient (Wildman–Crippen LogP) is 1.38. The number of methoxy groups -OCH3 is 1. The maximum Gasteiger partial charge on any atom is 0.270 e. The van der Waals surface area contributed by atoms with Crippen molar-refractivity contribution in [1.82, 2.24) is 14.8 Å². The average Bonchev–Trinajstić information content (AvgIpc) is 2.67. The van der Waals surface area contributed by atoms with Crippen LogP contribution in [0.3, 0.4) is 0 Å². The summed E-state index contributed by atoms with van der Waals surface area (Å²) in [5, 5.41) is 0. The van der Waals surface area contributed by atoms with Gasteiger partial charge in [0.25, 0.3) is 5.91 Å². The Labute approximate surface area is 147 Å². The molecule has 1 aliphatic heterocycles. The van der Waals surface area contributed by atoms with Gasteiger partial charge in [0.1, 0.15) is 5.69 Å². The summed E-state index contributed by atoms with van der Waals surface area (Å²) in [6.07, 6.45) is 2.45. The van der Waals surface area contributed by atoms with Gasteiger partial charge in [-0.25, -0.2) is 0 Å². The van der Waals surface area contributed by atoms with Gasteiger partial charge in [-0.05, 0) is 12.0 Å². The molecule has 1 fully saturated rings. The van der Waals surface area contributed by atoms with Crippen molar-refractivity contribution in [3.05, 3.63) is 64.1 Å². The van der Waals surface area contributed by atoms with Gasteiger partial charge in [-0.2, -0.15) is 0 Å². The molecular formula is C19H23N3O3. The van der Waals surface area contributed by atoms with E-state index >= 15 is 0 Å². The first-order valence-corrected chi connectivity index (χ1v) is 8.49. The van der Waals surface area contributed by atoms with Gasteiger partial charge in [-0.3, -0.25) is 14.5 Å². The molecule has 0 saturated carbocycles. The molecule has 1 N–H and O–H groups in total. The number of aromatic amines is 1. The van der Waals surface area contributed by atoms with E-state index in [0.29, 0.717) is 18.8 Å². The third-order valence-electron chi connectivity index (χ3n) is 4.55. The minimum atomic E-state index is -0.286. The Balaban J connectivity index is 1.52. The van der Waals surface area contributed by atoms with Gasteiger partial charge in [0.05, 0.1) is 7.11 Å². The van der Waals surface area contributed by atoms with Gasteiger partial charge >= 0.3 is 0 Å². The summed E-state index contributed by atoms with van der Waals surface area (Å²) < 4.78 is 4.93. The number of rotatable bonds is 5. The van der Waals surface area contributed by atoms with Crippen LogP contribution in [-0.4, -0.2) is 60.5 Å². The van der Waals surface area contributed by atoms with Crippen molar-refractivity contribution in [2.75, 3.05) is 39.8 Å². The van der Waals surface area contributed by atoms with Crippen LogP contribution in [0.5, 0.6) is 5.75 Å². The van der Waals surface area contributed by atoms with Gasteiger partial charge in [0, 0.05) is 45.0 Å². The van der Waals surface area contributed by atoms with E-state index in [1.54, 1.807) is 4.90 Å². The van der Waals surface area contributed by atoms with Crippen LogP contribution in [0.2, 0.25) is 0 Å². The van der Waals surface area contributed by atoms with Crippen LogP contribution in [-0.2, 0) is 6.42 Å². The summed E-state index contributed by atoms with van der Waals surface area (Å²) in [5.41, 5.74) is 1.35. The van der Waals surface area contributed by atoms with Crippen molar-refractivity contribution in [3.8, 4) is 5.75 Å². The molecule has 1 aliphatic rings. The largest absolute Gasteiger partial charge is 0.491 e. The third-order valence-corrected chi connectivity index (χ3v) is 4.55. The molecule has 1 saturated heterocycles. The van der Waals surface area contributed by atoms with Crippen LogP contribution in [0.15, 0.2) is 47.4 Å². The molecule has 132 valence electrons. The fourth-order valence-corrected chi connectivity index (χ4v) is 3.02. The van der Waals surface area contributed by atoms with E-state index in [9.17, 15) is 9.59 Å². The zero-order valence-corrected chi connectivity index (χ0v) is 14.4. The van der Waals surface area contributed by atoms with Crippen LogP contribution < -0.4 is 10.2 Å². The number of carbonyl (C=O) groups excluding carboxylic acids is 1. The van der Waals surface area contributed by atoms with Crippen LogP contribution in [0.1, 0.15) is 16.1 Å². The molecular weight excluding hydrogens is 318 g/mol. The molecule has 6 nitrogen and oxygen atoms in total. The molecule has 0 bridgehead atoms. The molecule has 0 spiro atoms. The Kier molecular flexibility index (Phi) is 5.50. The Bertz CT molecular complexity index is 765. The number of amides is 1. The van der Waals surface area contributed by atoms with Gasteiger partial charge < -0.3 is 14.6 Å². The van der Waals surface area contributed by atoms with Gasteiger partial charge in [0.2, 0.25) is 5.43 Å². The second-order valence-electron chi connectivity index (χ2n) is 6.15. The molecule has 1 aromatic heterocycles. The average molecular weight is 341 g/mol. The van der Waals surface area contributed by atoms with Crippen LogP contribution >= 0.6 is 0 Å². The summed E-state index contributed by atoms with van der Waals surface area (Å²) in [6, 6.07) is 11.7. The summed E-state index contributed by atoms with van der Waals surface area (Å²) in [6.45, 7) is 4.02. The molecule has 0 unspecified atom stereocenters. The van der Waals surface area contributed by atoms with Crippen LogP contribution in [0.25, 0.3) is 0 Å². The molecule has 6 heteroatoms. The SMILES string of the molecule is COc1c[nH]c(C(=O)N2CCN(CCc3ccccc3)CC2)cc1=O. The van der Waals surface area contributed by atoms with Crippen LogP contribution in [0.4, 0.5) is 0 Å². The van der Waals surface area contributed by atoms with Crippen molar-refractivity contribution >= 4 is 5.91 Å². The predicted molar refractivity (Wildman–Crippen MR) is 96.1 cm³/mol. The molecule has 0 atom stereocenters. The highest BCUT2D eigenvalue weighted by molar-refractivity contribution is 5.92. The molecule has 2 aromatic rings. The van der Waals surface area contributed by atoms with E-state index in [1.807, 2.05) is 6.07 Å². The topological polar surface area (TPSA) is 65.6 Å². The molecule has 25 heavy (non-hydrogen) atoms. The van der Waals surface area contributed by atoms with Gasteiger partial charge in [-0.1, -0.05) is 30.3 Å². The first-order chi connectivity index (χ1) is 12.2. The maximum absolute atomic E-state index is 12.5. The Hall–Kier alpha value is -2.60. The number of nitrogens with zero attached hydrogens (tertiary/aromatic N) is 2. The first-order valence-electron chi connectivity index (χ1n) is 8.49. The quantitative estimate of drug-likeness (QED) is 0.892. The fraction of sp³-hybridized carbons (Fsp3) is 0.368. The van der Waals surface area contributed by atoms with Gasteiger partial charge in [0.15, 0.2) is 5.75 Å². The van der Waals surface area contributed by atoms with Crippen molar-refractivity contribution < 1.29 is 9.53 Å². The van der Waals surface area contributed by atoms with Crippen molar-refractivity contribution in [2.45, 2.75) is 6.42 Å². The lowest BCUT2D eigenvalue weighted by molar-refractivity contribution is 0.0632. The highest BCUT2D eigenvalue weighted by atomic mass is 16.5. The molecule has 0 aliphatic carbocycles. The number of aromatic nitrogens is 1. The van der Waals surface area contributed by atoms with E-state index in [2.05, 4.69) is 34.1 Å². The van der Waals surface area contributed by atoms with E-state index in [-0.39, 0.29) is 17.1 Å². The normalized spacial score (nSPS) is 15.2. The Morgan fingerprint density at radius 3 is 2.52 bits per heavy atom. The highest BCUT2D eigenvalue weighted by Crippen LogP contribution is 2.09. The number of ether oxygens (including phenoxy) is 1. The van der Waals surface area contributed by atoms with E-state index in [1.165, 1.54) is 24.9 Å². The second kappa shape index (κ2) is 7.98. The smallest absolute Gasteiger partial charge is 0.270 e. The molecule has 2 heterocycles. The van der Waals surface area contributed by atoms with Crippen molar-refractivity contribution in [2.24, 2.45) is 0 Å². The van der Waals surface area contributed by atoms with Crippen molar-refractivity contribution in [3.63, 3.8) is 0 Å². The number of carbonyl (C=O) groups is 1. The number of pyridine rings is 1. The number of hydrogen-bond acceptors (Lipinski definition) is 4. The lowest BCUT2D eigenvalue weighted by atomic mass is 10.1. The molecule has 1 aromatic carbocycles. The third kappa shape index (κ3) is 4.28. The Morgan fingerprint density at radius 2 is 1.88 bits per heavy atom. The number of benzene rings is 1. The first kappa shape index (κ1) is 17.2. The monoisotopic (exact) mass is 341 g/mol. The maximum atomic E-state index is 12.5. The second-order valence-corrected chi connectivity index (χ2v) is 6.15.